The van der Waals surface area contributed by atoms with Crippen molar-refractivity contribution in [3.8, 4) is 5.75 Å². The van der Waals surface area contributed by atoms with E-state index in [0.717, 1.165) is 10.6 Å². The molecule has 0 saturated heterocycles. The summed E-state index contributed by atoms with van der Waals surface area (Å²) in [5, 5.41) is 0.995. The van der Waals surface area contributed by atoms with Crippen molar-refractivity contribution in [2.45, 2.75) is 52.7 Å². The molecule has 6 heteroatoms. The summed E-state index contributed by atoms with van der Waals surface area (Å²) in [6.07, 6.45) is -0.144. The zero-order chi connectivity index (χ0) is 17.6. The van der Waals surface area contributed by atoms with Gasteiger partial charge in [0, 0.05) is 6.92 Å². The molecule has 0 aliphatic rings. The summed E-state index contributed by atoms with van der Waals surface area (Å²) in [6, 6.07) is 6.79. The quantitative estimate of drug-likeness (QED) is 0.787. The zero-order valence-electron chi connectivity index (χ0n) is 14.6. The maximum atomic E-state index is 12.4. The van der Waals surface area contributed by atoms with Crippen LogP contribution in [0.25, 0.3) is 0 Å². The van der Waals surface area contributed by atoms with Crippen LogP contribution in [-0.2, 0) is 14.4 Å². The standard InChI is InChI=1S/C17H25NO5/c1-7-15(13-8-10-14(21-6)11-9-13)18(23-12(2)19)16(20)22-17(3,4)5/h8-11,15H,7H2,1-6H3. The average Bonchev–Trinajstić information content (AvgIpc) is 2.45. The monoisotopic (exact) mass is 323 g/mol. The topological polar surface area (TPSA) is 65.1 Å². The van der Waals surface area contributed by atoms with Crippen molar-refractivity contribution in [2.24, 2.45) is 0 Å². The number of carbonyl (C=O) groups excluding carboxylic acids is 2. The first-order valence-corrected chi connectivity index (χ1v) is 7.52. The molecule has 0 bridgehead atoms. The number of amides is 1. The second-order valence-electron chi connectivity index (χ2n) is 6.09. The summed E-state index contributed by atoms with van der Waals surface area (Å²) < 4.78 is 10.5. The zero-order valence-corrected chi connectivity index (χ0v) is 14.6. The summed E-state index contributed by atoms with van der Waals surface area (Å²) in [4.78, 5) is 28.9. The average molecular weight is 323 g/mol. The van der Waals surface area contributed by atoms with Crippen molar-refractivity contribution in [1.29, 1.82) is 0 Å². The number of hydroxylamine groups is 2. The number of methoxy groups -OCH3 is 1. The third kappa shape index (κ3) is 5.81. The van der Waals surface area contributed by atoms with Gasteiger partial charge >= 0.3 is 12.1 Å². The molecule has 0 radical (unpaired) electrons. The normalized spacial score (nSPS) is 12.3. The van der Waals surface area contributed by atoms with Crippen LogP contribution < -0.4 is 4.74 Å². The van der Waals surface area contributed by atoms with Crippen LogP contribution in [0.15, 0.2) is 24.3 Å². The van der Waals surface area contributed by atoms with Gasteiger partial charge in [0.05, 0.1) is 13.2 Å². The van der Waals surface area contributed by atoms with E-state index in [9.17, 15) is 9.59 Å². The van der Waals surface area contributed by atoms with Crippen molar-refractivity contribution < 1.29 is 23.9 Å². The van der Waals surface area contributed by atoms with Crippen molar-refractivity contribution in [1.82, 2.24) is 5.06 Å². The van der Waals surface area contributed by atoms with Crippen molar-refractivity contribution in [3.63, 3.8) is 0 Å². The lowest BCUT2D eigenvalue weighted by atomic mass is 10.0. The summed E-state index contributed by atoms with van der Waals surface area (Å²) in [5.74, 6) is 0.128. The van der Waals surface area contributed by atoms with Gasteiger partial charge in [0.25, 0.3) is 0 Å². The molecule has 1 unspecified atom stereocenters. The minimum Gasteiger partial charge on any atom is -0.497 e. The van der Waals surface area contributed by atoms with E-state index >= 15 is 0 Å². The molecule has 0 saturated carbocycles. The fraction of sp³-hybridized carbons (Fsp3) is 0.529. The number of ether oxygens (including phenoxy) is 2. The molecular weight excluding hydrogens is 298 g/mol. The van der Waals surface area contributed by atoms with Crippen LogP contribution in [0.1, 0.15) is 52.6 Å². The number of benzene rings is 1. The number of hydrogen-bond donors (Lipinski definition) is 0. The summed E-state index contributed by atoms with van der Waals surface area (Å²) in [6.45, 7) is 8.41. The van der Waals surface area contributed by atoms with Gasteiger partial charge in [-0.3, -0.25) is 4.79 Å². The molecule has 1 rings (SSSR count). The molecule has 1 aromatic carbocycles. The minimum absolute atomic E-state index is 0.445. The van der Waals surface area contributed by atoms with Crippen molar-refractivity contribution in [2.75, 3.05) is 7.11 Å². The van der Waals surface area contributed by atoms with Crippen LogP contribution in [0.2, 0.25) is 0 Å². The van der Waals surface area contributed by atoms with Gasteiger partial charge in [-0.05, 0) is 44.9 Å². The minimum atomic E-state index is -0.699. The van der Waals surface area contributed by atoms with E-state index in [4.69, 9.17) is 14.3 Å². The highest BCUT2D eigenvalue weighted by molar-refractivity contribution is 5.72. The van der Waals surface area contributed by atoms with Gasteiger partial charge in [0.15, 0.2) is 0 Å². The first kappa shape index (κ1) is 18.8. The molecule has 0 fully saturated rings. The molecule has 0 N–H and O–H groups in total. The summed E-state index contributed by atoms with van der Waals surface area (Å²) in [5.41, 5.74) is 0.133. The third-order valence-corrected chi connectivity index (χ3v) is 2.97. The Balaban J connectivity index is 3.09. The fourth-order valence-electron chi connectivity index (χ4n) is 2.04. The second-order valence-corrected chi connectivity index (χ2v) is 6.09. The van der Waals surface area contributed by atoms with E-state index in [1.165, 1.54) is 6.92 Å². The molecule has 0 aliphatic heterocycles. The maximum absolute atomic E-state index is 12.4. The van der Waals surface area contributed by atoms with Gasteiger partial charge in [-0.25, -0.2) is 4.79 Å². The fourth-order valence-corrected chi connectivity index (χ4v) is 2.04. The predicted octanol–water partition coefficient (Wildman–Crippen LogP) is 3.86. The van der Waals surface area contributed by atoms with Crippen LogP contribution in [0.3, 0.4) is 0 Å². The van der Waals surface area contributed by atoms with Crippen LogP contribution in [-0.4, -0.2) is 29.8 Å². The van der Waals surface area contributed by atoms with E-state index in [1.807, 2.05) is 19.1 Å². The second kappa shape index (κ2) is 7.85. The van der Waals surface area contributed by atoms with Crippen LogP contribution in [0, 0.1) is 0 Å². The molecule has 128 valence electrons. The largest absolute Gasteiger partial charge is 0.497 e. The van der Waals surface area contributed by atoms with Crippen LogP contribution in [0.4, 0.5) is 4.79 Å². The highest BCUT2D eigenvalue weighted by atomic mass is 16.8. The Labute approximate surface area is 137 Å². The number of rotatable bonds is 4. The Morgan fingerprint density at radius 2 is 1.74 bits per heavy atom. The van der Waals surface area contributed by atoms with Gasteiger partial charge in [-0.1, -0.05) is 19.1 Å². The summed E-state index contributed by atoms with van der Waals surface area (Å²) >= 11 is 0. The molecule has 6 nitrogen and oxygen atoms in total. The molecule has 0 spiro atoms. The Bertz CT molecular complexity index is 533. The van der Waals surface area contributed by atoms with Crippen LogP contribution in [0.5, 0.6) is 5.75 Å². The number of carbonyl (C=O) groups is 2. The SMILES string of the molecule is CCC(c1ccc(OC)cc1)N(OC(C)=O)C(=O)OC(C)(C)C. The maximum Gasteiger partial charge on any atom is 0.444 e. The molecule has 1 atom stereocenters. The lowest BCUT2D eigenvalue weighted by molar-refractivity contribution is -0.192. The van der Waals surface area contributed by atoms with E-state index in [-0.39, 0.29) is 0 Å². The molecule has 1 aromatic rings. The molecule has 0 aromatic heterocycles. The smallest absolute Gasteiger partial charge is 0.444 e. The predicted molar refractivity (Wildman–Crippen MR) is 85.9 cm³/mol. The van der Waals surface area contributed by atoms with Gasteiger partial charge < -0.3 is 14.3 Å². The van der Waals surface area contributed by atoms with E-state index in [1.54, 1.807) is 40.0 Å². The Morgan fingerprint density at radius 3 is 2.13 bits per heavy atom. The van der Waals surface area contributed by atoms with Gasteiger partial charge in [0.2, 0.25) is 0 Å². The first-order valence-electron chi connectivity index (χ1n) is 7.52. The summed E-state index contributed by atoms with van der Waals surface area (Å²) in [7, 11) is 1.58. The number of nitrogens with zero attached hydrogens (tertiary/aromatic N) is 1. The van der Waals surface area contributed by atoms with E-state index in [0.29, 0.717) is 12.2 Å². The highest BCUT2D eigenvalue weighted by Gasteiger charge is 2.31. The molecular formula is C17H25NO5. The van der Waals surface area contributed by atoms with E-state index in [2.05, 4.69) is 0 Å². The van der Waals surface area contributed by atoms with Crippen LogP contribution >= 0.6 is 0 Å². The van der Waals surface area contributed by atoms with Gasteiger partial charge in [-0.15, -0.1) is 5.06 Å². The lowest BCUT2D eigenvalue weighted by Gasteiger charge is -2.31. The third-order valence-electron chi connectivity index (χ3n) is 2.97. The van der Waals surface area contributed by atoms with Crippen molar-refractivity contribution >= 4 is 12.1 Å². The highest BCUT2D eigenvalue weighted by Crippen LogP contribution is 2.28. The van der Waals surface area contributed by atoms with E-state index < -0.39 is 23.7 Å². The van der Waals surface area contributed by atoms with Gasteiger partial charge in [-0.2, -0.15) is 0 Å². The first-order chi connectivity index (χ1) is 10.7. The van der Waals surface area contributed by atoms with Gasteiger partial charge in [0.1, 0.15) is 11.4 Å². The Morgan fingerprint density at radius 1 is 1.17 bits per heavy atom. The lowest BCUT2D eigenvalue weighted by Crippen LogP contribution is -2.40. The molecule has 23 heavy (non-hydrogen) atoms. The molecule has 0 heterocycles. The van der Waals surface area contributed by atoms with Crippen molar-refractivity contribution in [3.05, 3.63) is 29.8 Å². The Hall–Kier alpha value is -2.24. The molecule has 1 amide bonds. The molecule has 0 aliphatic carbocycles. The Kier molecular flexibility index (Phi) is 6.42. The number of hydrogen-bond acceptors (Lipinski definition) is 5.